The quantitative estimate of drug-likeness (QED) is 0.718. The summed E-state index contributed by atoms with van der Waals surface area (Å²) in [5, 5.41) is -0.540. The summed E-state index contributed by atoms with van der Waals surface area (Å²) in [6, 6.07) is 0. The molecule has 1 atom stereocenters. The first-order chi connectivity index (χ1) is 6.61. The van der Waals surface area contributed by atoms with Crippen LogP contribution in [0.2, 0.25) is 0 Å². The highest BCUT2D eigenvalue weighted by Gasteiger charge is 2.14. The van der Waals surface area contributed by atoms with Crippen LogP contribution in [0.1, 0.15) is 5.37 Å². The van der Waals surface area contributed by atoms with Gasteiger partial charge in [-0.2, -0.15) is 4.39 Å². The molecule has 0 aliphatic heterocycles. The minimum absolute atomic E-state index is 0.0909. The van der Waals surface area contributed by atoms with Gasteiger partial charge < -0.3 is 10.7 Å². The molecule has 3 N–H and O–H groups in total. The van der Waals surface area contributed by atoms with Crippen molar-refractivity contribution in [2.24, 2.45) is 5.73 Å². The number of hydrogen-bond donors (Lipinski definition) is 2. The first-order valence-corrected chi connectivity index (χ1v) is 5.13. The fourth-order valence-electron chi connectivity index (χ4n) is 1.03. The lowest BCUT2D eigenvalue weighted by Crippen LogP contribution is -2.40. The molecule has 0 bridgehead atoms. The molecular formula is C7H10FN3O2S. The second-order valence-electron chi connectivity index (χ2n) is 2.54. The van der Waals surface area contributed by atoms with E-state index in [9.17, 15) is 14.0 Å². The molecule has 14 heavy (non-hydrogen) atoms. The Hall–Kier alpha value is -1.08. The Labute approximate surface area is 83.1 Å². The zero-order chi connectivity index (χ0) is 10.7. The zero-order valence-corrected chi connectivity index (χ0v) is 8.31. The molecule has 0 spiro atoms. The number of nitrogens with zero attached hydrogens (tertiary/aromatic N) is 1. The molecule has 1 aromatic heterocycles. The van der Waals surface area contributed by atoms with E-state index in [1.165, 1.54) is 11.8 Å². The molecule has 0 aliphatic carbocycles. The molecule has 0 amide bonds. The maximum absolute atomic E-state index is 12.8. The van der Waals surface area contributed by atoms with Crippen LogP contribution in [0.3, 0.4) is 0 Å². The average molecular weight is 219 g/mol. The predicted molar refractivity (Wildman–Crippen MR) is 52.9 cm³/mol. The van der Waals surface area contributed by atoms with Crippen molar-refractivity contribution in [2.45, 2.75) is 5.37 Å². The number of H-pyrrole nitrogens is 1. The van der Waals surface area contributed by atoms with E-state index in [-0.39, 0.29) is 6.54 Å². The highest BCUT2D eigenvalue weighted by Crippen LogP contribution is 2.13. The lowest BCUT2D eigenvalue weighted by molar-refractivity contribution is 0.536. The molecule has 1 heterocycles. The van der Waals surface area contributed by atoms with E-state index in [0.29, 0.717) is 0 Å². The summed E-state index contributed by atoms with van der Waals surface area (Å²) in [5.74, 6) is -0.989. The first kappa shape index (κ1) is 11.0. The predicted octanol–water partition coefficient (Wildman–Crippen LogP) is -0.504. The molecule has 5 nitrogen and oxygen atoms in total. The first-order valence-electron chi connectivity index (χ1n) is 3.84. The van der Waals surface area contributed by atoms with Crippen LogP contribution in [0.4, 0.5) is 4.39 Å². The van der Waals surface area contributed by atoms with Crippen molar-refractivity contribution >= 4 is 11.8 Å². The second kappa shape index (κ2) is 4.43. The van der Waals surface area contributed by atoms with Gasteiger partial charge in [-0.25, -0.2) is 9.36 Å². The topological polar surface area (TPSA) is 80.9 Å². The smallest absolute Gasteiger partial charge is 0.328 e. The Bertz CT molecular complexity index is 424. The number of hydrogen-bond acceptors (Lipinski definition) is 4. The van der Waals surface area contributed by atoms with Crippen molar-refractivity contribution in [3.05, 3.63) is 32.9 Å². The van der Waals surface area contributed by atoms with Crippen LogP contribution >= 0.6 is 11.8 Å². The summed E-state index contributed by atoms with van der Waals surface area (Å²) in [6.45, 7) is 0.0909. The molecule has 0 radical (unpaired) electrons. The number of rotatable bonds is 3. The Balaban J connectivity index is 3.39. The molecule has 1 unspecified atom stereocenters. The Morgan fingerprint density at radius 3 is 2.86 bits per heavy atom. The Morgan fingerprint density at radius 1 is 1.71 bits per heavy atom. The maximum atomic E-state index is 12.8. The van der Waals surface area contributed by atoms with Crippen LogP contribution in [0, 0.1) is 5.82 Å². The SMILES string of the molecule is CSC(CN)n1c(=O)[nH]cc(F)c1=O. The minimum atomic E-state index is -0.989. The van der Waals surface area contributed by atoms with Gasteiger partial charge >= 0.3 is 5.69 Å². The molecular weight excluding hydrogens is 209 g/mol. The van der Waals surface area contributed by atoms with Gasteiger partial charge in [-0.15, -0.1) is 11.8 Å². The van der Waals surface area contributed by atoms with Crippen molar-refractivity contribution < 1.29 is 4.39 Å². The van der Waals surface area contributed by atoms with Gasteiger partial charge in [0.05, 0.1) is 5.37 Å². The van der Waals surface area contributed by atoms with Crippen molar-refractivity contribution in [1.82, 2.24) is 9.55 Å². The van der Waals surface area contributed by atoms with Crippen LogP contribution in [-0.4, -0.2) is 22.4 Å². The van der Waals surface area contributed by atoms with Crippen LogP contribution < -0.4 is 17.0 Å². The molecule has 0 fully saturated rings. The molecule has 0 aliphatic rings. The number of halogens is 1. The van der Waals surface area contributed by atoms with Crippen LogP contribution in [0.5, 0.6) is 0 Å². The fraction of sp³-hybridized carbons (Fsp3) is 0.429. The van der Waals surface area contributed by atoms with Crippen molar-refractivity contribution in [2.75, 3.05) is 12.8 Å². The number of nitrogens with two attached hydrogens (primary N) is 1. The lowest BCUT2D eigenvalue weighted by Gasteiger charge is -2.13. The third-order valence-electron chi connectivity index (χ3n) is 1.73. The van der Waals surface area contributed by atoms with E-state index >= 15 is 0 Å². The fourth-order valence-corrected chi connectivity index (χ4v) is 1.63. The Kier molecular flexibility index (Phi) is 3.48. The monoisotopic (exact) mass is 219 g/mol. The summed E-state index contributed by atoms with van der Waals surface area (Å²) in [6.07, 6.45) is 2.43. The van der Waals surface area contributed by atoms with Gasteiger partial charge in [0, 0.05) is 12.7 Å². The zero-order valence-electron chi connectivity index (χ0n) is 7.49. The summed E-state index contributed by atoms with van der Waals surface area (Å²) >= 11 is 1.21. The van der Waals surface area contributed by atoms with E-state index < -0.39 is 22.4 Å². The van der Waals surface area contributed by atoms with Crippen molar-refractivity contribution in [1.29, 1.82) is 0 Å². The van der Waals surface area contributed by atoms with E-state index in [4.69, 9.17) is 5.73 Å². The highest BCUT2D eigenvalue weighted by atomic mass is 32.2. The lowest BCUT2D eigenvalue weighted by atomic mass is 10.5. The molecule has 0 aromatic carbocycles. The third kappa shape index (κ3) is 1.88. The summed E-state index contributed by atoms with van der Waals surface area (Å²) in [4.78, 5) is 24.6. The van der Waals surface area contributed by atoms with Crippen LogP contribution in [0.15, 0.2) is 15.8 Å². The van der Waals surface area contributed by atoms with Gasteiger partial charge in [0.25, 0.3) is 5.56 Å². The van der Waals surface area contributed by atoms with Gasteiger partial charge in [0.15, 0.2) is 0 Å². The van der Waals surface area contributed by atoms with E-state index in [1.54, 1.807) is 6.26 Å². The normalized spacial score (nSPS) is 12.8. The standard InChI is InChI=1S/C7H10FN3O2S/c1-14-5(2-9)11-6(12)4(8)3-10-7(11)13/h3,5H,2,9H2,1H3,(H,10,13). The van der Waals surface area contributed by atoms with Gasteiger partial charge in [-0.3, -0.25) is 4.79 Å². The van der Waals surface area contributed by atoms with Gasteiger partial charge in [-0.1, -0.05) is 0 Å². The van der Waals surface area contributed by atoms with Crippen LogP contribution in [0.25, 0.3) is 0 Å². The highest BCUT2D eigenvalue weighted by molar-refractivity contribution is 7.98. The van der Waals surface area contributed by atoms with Gasteiger partial charge in [0.1, 0.15) is 0 Å². The minimum Gasteiger partial charge on any atom is -0.328 e. The van der Waals surface area contributed by atoms with Gasteiger partial charge in [-0.05, 0) is 6.26 Å². The van der Waals surface area contributed by atoms with Crippen molar-refractivity contribution in [3.8, 4) is 0 Å². The van der Waals surface area contributed by atoms with Crippen LogP contribution in [-0.2, 0) is 0 Å². The number of thioether (sulfide) groups is 1. The number of nitrogens with one attached hydrogen (secondary N) is 1. The van der Waals surface area contributed by atoms with Gasteiger partial charge in [0.2, 0.25) is 5.82 Å². The second-order valence-corrected chi connectivity index (χ2v) is 3.56. The maximum Gasteiger partial charge on any atom is 0.329 e. The molecule has 1 aromatic rings. The third-order valence-corrected chi connectivity index (χ3v) is 2.67. The summed E-state index contributed by atoms with van der Waals surface area (Å²) in [7, 11) is 0. The van der Waals surface area contributed by atoms with E-state index in [2.05, 4.69) is 4.98 Å². The molecule has 1 rings (SSSR count). The molecule has 7 heteroatoms. The molecule has 0 saturated carbocycles. The summed E-state index contributed by atoms with van der Waals surface area (Å²) < 4.78 is 13.6. The summed E-state index contributed by atoms with van der Waals surface area (Å²) in [5.41, 5.74) is 3.75. The van der Waals surface area contributed by atoms with Crippen molar-refractivity contribution in [3.63, 3.8) is 0 Å². The number of aromatic nitrogens is 2. The largest absolute Gasteiger partial charge is 0.329 e. The molecule has 78 valence electrons. The van der Waals surface area contributed by atoms with E-state index in [1.807, 2.05) is 0 Å². The molecule has 0 saturated heterocycles. The van der Waals surface area contributed by atoms with E-state index in [0.717, 1.165) is 10.8 Å². The average Bonchev–Trinajstić information content (AvgIpc) is 2.19. The Morgan fingerprint density at radius 2 is 2.36 bits per heavy atom. The number of aromatic amines is 1.